The van der Waals surface area contributed by atoms with Crippen LogP contribution in [0.25, 0.3) is 0 Å². The smallest absolute Gasteiger partial charge is 0.305 e. The number of halogens is 2. The number of benzene rings is 3. The van der Waals surface area contributed by atoms with Gasteiger partial charge in [-0.2, -0.15) is 0 Å². The number of aliphatic carboxylic acids is 1. The minimum absolute atomic E-state index is 0.125. The fraction of sp³-hybridized carbons (Fsp3) is 0.290. The van der Waals surface area contributed by atoms with Crippen molar-refractivity contribution in [1.29, 1.82) is 0 Å². The molecule has 3 amide bonds. The van der Waals surface area contributed by atoms with Crippen LogP contribution in [-0.4, -0.2) is 59.9 Å². The van der Waals surface area contributed by atoms with Crippen LogP contribution in [-0.2, 0) is 9.59 Å². The lowest BCUT2D eigenvalue weighted by molar-refractivity contribution is -0.137. The molecule has 3 N–H and O–H groups in total. The quantitative estimate of drug-likeness (QED) is 0.351. The van der Waals surface area contributed by atoms with Gasteiger partial charge in [-0.15, -0.1) is 0 Å². The summed E-state index contributed by atoms with van der Waals surface area (Å²) >= 11 is 0. The van der Waals surface area contributed by atoms with Gasteiger partial charge >= 0.3 is 5.97 Å². The van der Waals surface area contributed by atoms with Gasteiger partial charge in [0, 0.05) is 43.2 Å². The number of carbonyl (C=O) groups excluding carboxylic acids is 3. The van der Waals surface area contributed by atoms with Crippen molar-refractivity contribution in [3.63, 3.8) is 0 Å². The molecule has 0 radical (unpaired) electrons. The van der Waals surface area contributed by atoms with E-state index in [4.69, 9.17) is 0 Å². The molecule has 42 heavy (non-hydrogen) atoms. The average Bonchev–Trinajstić information content (AvgIpc) is 3.83. The van der Waals surface area contributed by atoms with E-state index in [2.05, 4.69) is 10.6 Å². The van der Waals surface area contributed by atoms with Gasteiger partial charge in [0.25, 0.3) is 11.8 Å². The maximum atomic E-state index is 13.4. The minimum Gasteiger partial charge on any atom is -0.481 e. The van der Waals surface area contributed by atoms with Crippen LogP contribution in [0.15, 0.2) is 66.7 Å². The lowest BCUT2D eigenvalue weighted by Crippen LogP contribution is -2.49. The van der Waals surface area contributed by atoms with E-state index in [9.17, 15) is 33.1 Å². The monoisotopic (exact) mass is 576 g/mol. The summed E-state index contributed by atoms with van der Waals surface area (Å²) in [5.74, 6) is -2.92. The summed E-state index contributed by atoms with van der Waals surface area (Å²) in [6.07, 6.45) is 1.43. The lowest BCUT2D eigenvalue weighted by Gasteiger charge is -2.37. The molecular formula is C31H30F2N4O5. The Balaban J connectivity index is 1.39. The third-order valence-corrected chi connectivity index (χ3v) is 7.43. The van der Waals surface area contributed by atoms with E-state index >= 15 is 0 Å². The summed E-state index contributed by atoms with van der Waals surface area (Å²) < 4.78 is 26.9. The van der Waals surface area contributed by atoms with Crippen molar-refractivity contribution in [2.24, 2.45) is 5.92 Å². The Morgan fingerprint density at radius 3 is 2.00 bits per heavy atom. The zero-order chi connectivity index (χ0) is 29.8. The Morgan fingerprint density at radius 2 is 1.40 bits per heavy atom. The number of carboxylic acid groups (broad SMARTS) is 1. The number of piperazine rings is 1. The number of nitrogens with zero attached hydrogens (tertiary/aromatic N) is 2. The first-order chi connectivity index (χ1) is 20.2. The molecule has 1 atom stereocenters. The average molecular weight is 577 g/mol. The fourth-order valence-electron chi connectivity index (χ4n) is 4.97. The highest BCUT2D eigenvalue weighted by Crippen LogP contribution is 2.33. The molecule has 0 aromatic heterocycles. The number of carboxylic acids is 1. The van der Waals surface area contributed by atoms with E-state index in [0.29, 0.717) is 43.1 Å². The molecular weight excluding hydrogens is 546 g/mol. The fourth-order valence-corrected chi connectivity index (χ4v) is 4.97. The van der Waals surface area contributed by atoms with Gasteiger partial charge in [0.15, 0.2) is 0 Å². The van der Waals surface area contributed by atoms with Crippen LogP contribution in [0, 0.1) is 17.6 Å². The predicted molar refractivity (Wildman–Crippen MR) is 151 cm³/mol. The number of nitrogens with one attached hydrogen (secondary N) is 2. The molecule has 2 aliphatic rings. The Hall–Kier alpha value is -4.80. The van der Waals surface area contributed by atoms with Gasteiger partial charge in [0.1, 0.15) is 11.6 Å². The predicted octanol–water partition coefficient (Wildman–Crippen LogP) is 4.22. The largest absolute Gasteiger partial charge is 0.481 e. The maximum Gasteiger partial charge on any atom is 0.305 e. The van der Waals surface area contributed by atoms with Crippen molar-refractivity contribution in [1.82, 2.24) is 10.2 Å². The van der Waals surface area contributed by atoms with Gasteiger partial charge in [-0.3, -0.25) is 19.2 Å². The summed E-state index contributed by atoms with van der Waals surface area (Å²) in [4.78, 5) is 54.3. The first-order valence-corrected chi connectivity index (χ1v) is 13.7. The molecule has 3 aromatic rings. The van der Waals surface area contributed by atoms with Crippen molar-refractivity contribution < 1.29 is 33.1 Å². The van der Waals surface area contributed by atoms with Gasteiger partial charge in [-0.25, -0.2) is 8.78 Å². The molecule has 3 aromatic carbocycles. The second kappa shape index (κ2) is 12.4. The minimum atomic E-state index is -1.15. The highest BCUT2D eigenvalue weighted by molar-refractivity contribution is 6.07. The van der Waals surface area contributed by atoms with Crippen molar-refractivity contribution in [2.75, 3.05) is 36.4 Å². The molecule has 1 heterocycles. The van der Waals surface area contributed by atoms with E-state index in [1.165, 1.54) is 54.6 Å². The molecule has 1 saturated heterocycles. The van der Waals surface area contributed by atoms with E-state index in [1.54, 1.807) is 12.1 Å². The molecule has 0 bridgehead atoms. The molecule has 1 saturated carbocycles. The van der Waals surface area contributed by atoms with Gasteiger partial charge in [-0.1, -0.05) is 12.1 Å². The molecule has 2 fully saturated rings. The molecule has 0 spiro atoms. The summed E-state index contributed by atoms with van der Waals surface area (Å²) in [6, 6.07) is 14.1. The SMILES string of the molecule is O=C(O)CC(NC(=O)c1ccc(N2CCN(C(=O)C3CC3)CC2)c(NC(=O)c2ccc(F)cc2)c1)c1ccc(F)cc1. The molecule has 218 valence electrons. The third kappa shape index (κ3) is 6.91. The molecule has 5 rings (SSSR count). The van der Waals surface area contributed by atoms with E-state index in [1.807, 2.05) is 9.80 Å². The van der Waals surface area contributed by atoms with Crippen LogP contribution in [0.4, 0.5) is 20.2 Å². The molecule has 11 heteroatoms. The molecule has 1 aliphatic heterocycles. The number of anilines is 2. The van der Waals surface area contributed by atoms with Crippen molar-refractivity contribution >= 4 is 35.1 Å². The normalized spacial score (nSPS) is 15.6. The van der Waals surface area contributed by atoms with Gasteiger partial charge in [-0.05, 0) is 73.0 Å². The van der Waals surface area contributed by atoms with Gasteiger partial charge < -0.3 is 25.5 Å². The molecule has 9 nitrogen and oxygen atoms in total. The van der Waals surface area contributed by atoms with Crippen LogP contribution < -0.4 is 15.5 Å². The van der Waals surface area contributed by atoms with Crippen LogP contribution in [0.5, 0.6) is 0 Å². The highest BCUT2D eigenvalue weighted by atomic mass is 19.1. The number of carbonyl (C=O) groups is 4. The standard InChI is InChI=1S/C31H30F2N4O5/c32-23-8-3-19(4-9-23)25(18-28(38)39)34-30(41)22-7-12-27(36-13-15-37(16-14-36)31(42)21-1-2-21)26(17-22)35-29(40)20-5-10-24(33)11-6-20/h3-12,17,21,25H,1-2,13-16,18H2,(H,34,41)(H,35,40)(H,38,39). The first kappa shape index (κ1) is 28.7. The molecule has 1 aliphatic carbocycles. The summed E-state index contributed by atoms with van der Waals surface area (Å²) in [5, 5.41) is 14.9. The second-order valence-electron chi connectivity index (χ2n) is 10.5. The van der Waals surface area contributed by atoms with E-state index in [-0.39, 0.29) is 23.0 Å². The summed E-state index contributed by atoms with van der Waals surface area (Å²) in [5.41, 5.74) is 1.77. The van der Waals surface area contributed by atoms with Crippen LogP contribution in [0.3, 0.4) is 0 Å². The zero-order valence-corrected chi connectivity index (χ0v) is 22.7. The van der Waals surface area contributed by atoms with Crippen LogP contribution in [0.2, 0.25) is 0 Å². The summed E-state index contributed by atoms with van der Waals surface area (Å²) in [7, 11) is 0. The van der Waals surface area contributed by atoms with Gasteiger partial charge in [0.2, 0.25) is 5.91 Å². The summed E-state index contributed by atoms with van der Waals surface area (Å²) in [6.45, 7) is 2.10. The van der Waals surface area contributed by atoms with Crippen molar-refractivity contribution in [3.05, 3.63) is 95.1 Å². The number of rotatable bonds is 9. The topological polar surface area (TPSA) is 119 Å². The Kier molecular flexibility index (Phi) is 8.46. The zero-order valence-electron chi connectivity index (χ0n) is 22.7. The third-order valence-electron chi connectivity index (χ3n) is 7.43. The van der Waals surface area contributed by atoms with Gasteiger partial charge in [0.05, 0.1) is 23.8 Å². The van der Waals surface area contributed by atoms with E-state index < -0.39 is 41.9 Å². The Bertz CT molecular complexity index is 1480. The Morgan fingerprint density at radius 1 is 0.810 bits per heavy atom. The Labute approximate surface area is 241 Å². The number of hydrogen-bond acceptors (Lipinski definition) is 5. The first-order valence-electron chi connectivity index (χ1n) is 13.7. The van der Waals surface area contributed by atoms with Crippen LogP contribution in [0.1, 0.15) is 51.6 Å². The van der Waals surface area contributed by atoms with E-state index in [0.717, 1.165) is 12.8 Å². The highest BCUT2D eigenvalue weighted by Gasteiger charge is 2.35. The second-order valence-corrected chi connectivity index (χ2v) is 10.5. The molecule has 1 unspecified atom stereocenters. The number of hydrogen-bond donors (Lipinski definition) is 3. The van der Waals surface area contributed by atoms with Crippen LogP contribution >= 0.6 is 0 Å². The number of amides is 3. The van der Waals surface area contributed by atoms with Crippen molar-refractivity contribution in [3.8, 4) is 0 Å². The lowest BCUT2D eigenvalue weighted by atomic mass is 10.0. The van der Waals surface area contributed by atoms with Crippen molar-refractivity contribution in [2.45, 2.75) is 25.3 Å². The maximum absolute atomic E-state index is 13.4.